The van der Waals surface area contributed by atoms with E-state index in [1.54, 1.807) is 18.9 Å². The molecular weight excluding hydrogens is 238 g/mol. The molecular formula is C11H21N3O4. The van der Waals surface area contributed by atoms with Crippen molar-refractivity contribution >= 4 is 17.9 Å². The minimum atomic E-state index is -0.914. The fraction of sp³-hybridized carbons (Fsp3) is 0.727. The Morgan fingerprint density at radius 2 is 1.94 bits per heavy atom. The van der Waals surface area contributed by atoms with Crippen LogP contribution in [0, 0.1) is 5.92 Å². The number of amides is 3. The van der Waals surface area contributed by atoms with Crippen molar-refractivity contribution in [3.05, 3.63) is 0 Å². The number of carboxylic acid groups (broad SMARTS) is 1. The van der Waals surface area contributed by atoms with Gasteiger partial charge in [0.1, 0.15) is 0 Å². The van der Waals surface area contributed by atoms with Crippen LogP contribution in [-0.2, 0) is 9.59 Å². The summed E-state index contributed by atoms with van der Waals surface area (Å²) in [5.41, 5.74) is 0. The maximum absolute atomic E-state index is 11.4. The van der Waals surface area contributed by atoms with E-state index < -0.39 is 23.8 Å². The molecule has 0 heterocycles. The van der Waals surface area contributed by atoms with Crippen molar-refractivity contribution in [3.63, 3.8) is 0 Å². The summed E-state index contributed by atoms with van der Waals surface area (Å²) < 4.78 is 0. The number of carboxylic acids is 1. The van der Waals surface area contributed by atoms with E-state index in [9.17, 15) is 14.4 Å². The first-order chi connectivity index (χ1) is 8.36. The number of carbonyl (C=O) groups is 3. The second-order valence-corrected chi connectivity index (χ2v) is 4.24. The lowest BCUT2D eigenvalue weighted by molar-refractivity contribution is -0.142. The zero-order valence-corrected chi connectivity index (χ0v) is 11.0. The summed E-state index contributed by atoms with van der Waals surface area (Å²) in [6, 6.07) is -0.526. The van der Waals surface area contributed by atoms with Gasteiger partial charge in [-0.15, -0.1) is 0 Å². The van der Waals surface area contributed by atoms with Gasteiger partial charge in [-0.25, -0.2) is 4.79 Å². The lowest BCUT2D eigenvalue weighted by Crippen LogP contribution is -2.44. The largest absolute Gasteiger partial charge is 0.481 e. The van der Waals surface area contributed by atoms with E-state index in [-0.39, 0.29) is 13.1 Å². The molecule has 7 nitrogen and oxygen atoms in total. The number of hydrogen-bond donors (Lipinski definition) is 3. The molecule has 104 valence electrons. The Balaban J connectivity index is 3.93. The Morgan fingerprint density at radius 1 is 1.33 bits per heavy atom. The molecule has 0 aliphatic rings. The molecule has 0 fully saturated rings. The van der Waals surface area contributed by atoms with Gasteiger partial charge in [0.15, 0.2) is 0 Å². The number of likely N-dealkylation sites (N-methyl/N-ethyl adjacent to an activating group) is 1. The standard InChI is InChI=1S/C11H21N3O4/c1-4-5-12-11(18)13-9(15)7-14(3)6-8(2)10(16)17/h8H,4-7H2,1-3H3,(H,16,17)(H2,12,13,15,18). The van der Waals surface area contributed by atoms with Crippen LogP contribution < -0.4 is 10.6 Å². The second-order valence-electron chi connectivity index (χ2n) is 4.24. The van der Waals surface area contributed by atoms with E-state index in [1.165, 1.54) is 0 Å². The normalized spacial score (nSPS) is 12.0. The molecule has 1 unspecified atom stereocenters. The summed E-state index contributed by atoms with van der Waals surface area (Å²) in [4.78, 5) is 34.8. The van der Waals surface area contributed by atoms with Gasteiger partial charge in [-0.3, -0.25) is 19.8 Å². The van der Waals surface area contributed by atoms with E-state index >= 15 is 0 Å². The summed E-state index contributed by atoms with van der Waals surface area (Å²) in [7, 11) is 1.63. The molecule has 1 atom stereocenters. The summed E-state index contributed by atoms with van der Waals surface area (Å²) in [5, 5.41) is 13.4. The van der Waals surface area contributed by atoms with Crippen LogP contribution in [0.5, 0.6) is 0 Å². The predicted molar refractivity (Wildman–Crippen MR) is 66.1 cm³/mol. The maximum atomic E-state index is 11.4. The Bertz CT molecular complexity index is 307. The zero-order chi connectivity index (χ0) is 14.1. The molecule has 18 heavy (non-hydrogen) atoms. The van der Waals surface area contributed by atoms with Crippen molar-refractivity contribution in [1.29, 1.82) is 0 Å². The number of imide groups is 1. The number of hydrogen-bond acceptors (Lipinski definition) is 4. The molecule has 0 saturated heterocycles. The van der Waals surface area contributed by atoms with Crippen LogP contribution in [0.4, 0.5) is 4.79 Å². The molecule has 0 aliphatic carbocycles. The Kier molecular flexibility index (Phi) is 7.69. The number of rotatable bonds is 7. The van der Waals surface area contributed by atoms with Gasteiger partial charge in [-0.05, 0) is 13.5 Å². The van der Waals surface area contributed by atoms with Gasteiger partial charge in [0, 0.05) is 13.1 Å². The topological polar surface area (TPSA) is 98.7 Å². The van der Waals surface area contributed by atoms with Gasteiger partial charge < -0.3 is 10.4 Å². The maximum Gasteiger partial charge on any atom is 0.321 e. The highest BCUT2D eigenvalue weighted by atomic mass is 16.4. The average molecular weight is 259 g/mol. The van der Waals surface area contributed by atoms with E-state index in [4.69, 9.17) is 5.11 Å². The molecule has 0 bridgehead atoms. The fourth-order valence-corrected chi connectivity index (χ4v) is 1.30. The third kappa shape index (κ3) is 7.61. The van der Waals surface area contributed by atoms with E-state index in [0.717, 1.165) is 6.42 Å². The average Bonchev–Trinajstić information content (AvgIpc) is 2.25. The van der Waals surface area contributed by atoms with Crippen LogP contribution in [0.15, 0.2) is 0 Å². The van der Waals surface area contributed by atoms with Crippen LogP contribution >= 0.6 is 0 Å². The second kappa shape index (κ2) is 8.46. The Morgan fingerprint density at radius 3 is 2.44 bits per heavy atom. The molecule has 0 saturated carbocycles. The fourth-order valence-electron chi connectivity index (χ4n) is 1.30. The highest BCUT2D eigenvalue weighted by Crippen LogP contribution is 1.97. The summed E-state index contributed by atoms with van der Waals surface area (Å²) >= 11 is 0. The predicted octanol–water partition coefficient (Wildman–Crippen LogP) is -0.125. The van der Waals surface area contributed by atoms with Crippen LogP contribution in [0.1, 0.15) is 20.3 Å². The first kappa shape index (κ1) is 16.4. The molecule has 0 aliphatic heterocycles. The van der Waals surface area contributed by atoms with Crippen molar-refractivity contribution in [2.24, 2.45) is 5.92 Å². The van der Waals surface area contributed by atoms with E-state index in [0.29, 0.717) is 6.54 Å². The third-order valence-electron chi connectivity index (χ3n) is 2.21. The Labute approximate surface area is 107 Å². The van der Waals surface area contributed by atoms with Gasteiger partial charge in [-0.1, -0.05) is 13.8 Å². The van der Waals surface area contributed by atoms with Gasteiger partial charge in [-0.2, -0.15) is 0 Å². The molecule has 7 heteroatoms. The van der Waals surface area contributed by atoms with E-state index in [2.05, 4.69) is 10.6 Å². The minimum absolute atomic E-state index is 0.0167. The van der Waals surface area contributed by atoms with Crippen molar-refractivity contribution < 1.29 is 19.5 Å². The first-order valence-corrected chi connectivity index (χ1v) is 5.85. The quantitative estimate of drug-likeness (QED) is 0.592. The minimum Gasteiger partial charge on any atom is -0.481 e. The monoisotopic (exact) mass is 259 g/mol. The van der Waals surface area contributed by atoms with Crippen molar-refractivity contribution in [2.75, 3.05) is 26.7 Å². The van der Waals surface area contributed by atoms with E-state index in [1.807, 2.05) is 6.92 Å². The number of carbonyl (C=O) groups excluding carboxylic acids is 2. The molecule has 0 rings (SSSR count). The van der Waals surface area contributed by atoms with Crippen LogP contribution in [0.3, 0.4) is 0 Å². The van der Waals surface area contributed by atoms with Crippen LogP contribution in [0.25, 0.3) is 0 Å². The van der Waals surface area contributed by atoms with Crippen molar-refractivity contribution in [1.82, 2.24) is 15.5 Å². The van der Waals surface area contributed by atoms with Crippen molar-refractivity contribution in [2.45, 2.75) is 20.3 Å². The molecule has 0 aromatic carbocycles. The molecule has 0 aromatic rings. The summed E-state index contributed by atoms with van der Waals surface area (Å²) in [6.07, 6.45) is 0.789. The zero-order valence-electron chi connectivity index (χ0n) is 11.0. The van der Waals surface area contributed by atoms with Crippen LogP contribution in [-0.4, -0.2) is 54.6 Å². The summed E-state index contributed by atoms with van der Waals surface area (Å²) in [5.74, 6) is -1.93. The summed E-state index contributed by atoms with van der Waals surface area (Å²) in [6.45, 7) is 4.20. The molecule has 0 aromatic heterocycles. The van der Waals surface area contributed by atoms with Gasteiger partial charge >= 0.3 is 12.0 Å². The highest BCUT2D eigenvalue weighted by Gasteiger charge is 2.16. The molecule has 3 amide bonds. The van der Waals surface area contributed by atoms with Gasteiger partial charge in [0.05, 0.1) is 12.5 Å². The number of aliphatic carboxylic acids is 1. The van der Waals surface area contributed by atoms with Crippen LogP contribution in [0.2, 0.25) is 0 Å². The molecule has 0 radical (unpaired) electrons. The van der Waals surface area contributed by atoms with Gasteiger partial charge in [0.25, 0.3) is 0 Å². The Hall–Kier alpha value is -1.63. The SMILES string of the molecule is CCCNC(=O)NC(=O)CN(C)CC(C)C(=O)O. The number of nitrogens with one attached hydrogen (secondary N) is 2. The first-order valence-electron chi connectivity index (χ1n) is 5.85. The lowest BCUT2D eigenvalue weighted by Gasteiger charge is -2.18. The van der Waals surface area contributed by atoms with Crippen molar-refractivity contribution in [3.8, 4) is 0 Å². The third-order valence-corrected chi connectivity index (χ3v) is 2.21. The lowest BCUT2D eigenvalue weighted by atomic mass is 10.2. The number of urea groups is 1. The number of nitrogens with zero attached hydrogens (tertiary/aromatic N) is 1. The highest BCUT2D eigenvalue weighted by molar-refractivity contribution is 5.95. The van der Waals surface area contributed by atoms with Gasteiger partial charge in [0.2, 0.25) is 5.91 Å². The molecule has 3 N–H and O–H groups in total. The molecule has 0 spiro atoms. The smallest absolute Gasteiger partial charge is 0.321 e.